The van der Waals surface area contributed by atoms with E-state index in [0.29, 0.717) is 0 Å². The third kappa shape index (κ3) is 2.53. The van der Waals surface area contributed by atoms with Crippen LogP contribution in [0.2, 0.25) is 0 Å². The van der Waals surface area contributed by atoms with E-state index in [-0.39, 0.29) is 31.3 Å². The number of hydrogen-bond acceptors (Lipinski definition) is 2. The number of nitrogens with zero attached hydrogens (tertiary/aromatic N) is 1. The molecule has 0 aromatic rings. The van der Waals surface area contributed by atoms with Gasteiger partial charge in [-0.15, -0.1) is 0 Å². The maximum Gasteiger partial charge on any atom is 0.412 e. The summed E-state index contributed by atoms with van der Waals surface area (Å²) in [5.74, 6) is -0.0551. The molecule has 102 valence electrons. The fraction of sp³-hybridized carbons (Fsp3) is 0.750. The van der Waals surface area contributed by atoms with Gasteiger partial charge in [0.2, 0.25) is 5.91 Å². The first-order chi connectivity index (χ1) is 8.23. The summed E-state index contributed by atoms with van der Waals surface area (Å²) in [4.78, 5) is 13.6. The van der Waals surface area contributed by atoms with Crippen molar-refractivity contribution in [3.8, 4) is 0 Å². The van der Waals surface area contributed by atoms with Crippen molar-refractivity contribution >= 4 is 5.91 Å². The molecule has 0 saturated heterocycles. The predicted octanol–water partition coefficient (Wildman–Crippen LogP) is 1.83. The Balaban J connectivity index is 2.01. The minimum atomic E-state index is -4.28. The van der Waals surface area contributed by atoms with Crippen LogP contribution in [0.5, 0.6) is 0 Å². The number of carbonyl (C=O) groups is 1. The van der Waals surface area contributed by atoms with Gasteiger partial charge < -0.3 is 10.6 Å². The summed E-state index contributed by atoms with van der Waals surface area (Å²) in [6.45, 7) is 1.78. The monoisotopic (exact) mass is 262 g/mol. The first-order valence-corrected chi connectivity index (χ1v) is 6.07. The molecule has 1 heterocycles. The largest absolute Gasteiger partial charge is 0.412 e. The second kappa shape index (κ2) is 4.26. The number of amides is 1. The van der Waals surface area contributed by atoms with Gasteiger partial charge in [0.15, 0.2) is 0 Å². The lowest BCUT2D eigenvalue weighted by Gasteiger charge is -2.34. The van der Waals surface area contributed by atoms with Crippen molar-refractivity contribution in [3.05, 3.63) is 11.6 Å². The van der Waals surface area contributed by atoms with Crippen LogP contribution in [0.25, 0.3) is 0 Å². The zero-order valence-electron chi connectivity index (χ0n) is 10.3. The molecular formula is C12H17F3N2O. The summed E-state index contributed by atoms with van der Waals surface area (Å²) in [7, 11) is 0. The maximum absolute atomic E-state index is 12.4. The summed E-state index contributed by atoms with van der Waals surface area (Å²) in [6.07, 6.45) is -1.48. The van der Waals surface area contributed by atoms with E-state index in [9.17, 15) is 18.0 Å². The molecule has 1 saturated carbocycles. The molecule has 0 aromatic heterocycles. The Morgan fingerprint density at radius 2 is 2.06 bits per heavy atom. The quantitative estimate of drug-likeness (QED) is 0.772. The molecule has 18 heavy (non-hydrogen) atoms. The van der Waals surface area contributed by atoms with Gasteiger partial charge >= 0.3 is 6.18 Å². The van der Waals surface area contributed by atoms with Crippen molar-refractivity contribution in [1.29, 1.82) is 0 Å². The van der Waals surface area contributed by atoms with Crippen LogP contribution < -0.4 is 5.73 Å². The van der Waals surface area contributed by atoms with Gasteiger partial charge in [-0.1, -0.05) is 6.08 Å². The highest BCUT2D eigenvalue weighted by molar-refractivity contribution is 5.86. The lowest BCUT2D eigenvalue weighted by Crippen LogP contribution is -2.55. The van der Waals surface area contributed by atoms with Crippen LogP contribution in [0.3, 0.4) is 0 Å². The molecule has 6 heteroatoms. The number of halogens is 3. The highest BCUT2D eigenvalue weighted by Gasteiger charge is 2.46. The number of rotatable bonds is 2. The Labute approximate surface area is 104 Å². The number of carbonyl (C=O) groups excluding carboxylic acids is 1. The van der Waals surface area contributed by atoms with Crippen LogP contribution >= 0.6 is 0 Å². The Bertz CT molecular complexity index is 383. The molecule has 1 atom stereocenters. The molecule has 1 amide bonds. The van der Waals surface area contributed by atoms with E-state index < -0.39 is 17.3 Å². The van der Waals surface area contributed by atoms with E-state index in [2.05, 4.69) is 0 Å². The van der Waals surface area contributed by atoms with E-state index in [0.717, 1.165) is 18.9 Å². The van der Waals surface area contributed by atoms with Crippen molar-refractivity contribution in [3.63, 3.8) is 0 Å². The van der Waals surface area contributed by atoms with Gasteiger partial charge in [-0.2, -0.15) is 13.2 Å². The molecule has 3 nitrogen and oxygen atoms in total. The number of hydrogen-bond donors (Lipinski definition) is 1. The van der Waals surface area contributed by atoms with Crippen molar-refractivity contribution in [2.75, 3.05) is 13.1 Å². The van der Waals surface area contributed by atoms with E-state index in [1.54, 1.807) is 6.92 Å². The van der Waals surface area contributed by atoms with Crippen molar-refractivity contribution in [2.45, 2.75) is 37.9 Å². The molecule has 1 fully saturated rings. The molecule has 1 aliphatic carbocycles. The van der Waals surface area contributed by atoms with Crippen LogP contribution in [-0.2, 0) is 4.79 Å². The number of nitrogens with two attached hydrogens (primary N) is 1. The third-order valence-electron chi connectivity index (χ3n) is 3.75. The molecule has 2 rings (SSSR count). The minimum Gasteiger partial charge on any atom is -0.337 e. The molecule has 1 aliphatic heterocycles. The summed E-state index contributed by atoms with van der Waals surface area (Å²) < 4.78 is 37.3. The van der Waals surface area contributed by atoms with Gasteiger partial charge in [-0.3, -0.25) is 4.79 Å². The average molecular weight is 262 g/mol. The van der Waals surface area contributed by atoms with Gasteiger partial charge in [-0.25, -0.2) is 0 Å². The normalized spacial score (nSPS) is 24.5. The Morgan fingerprint density at radius 1 is 1.44 bits per heavy atom. The van der Waals surface area contributed by atoms with Gasteiger partial charge in [-0.05, 0) is 32.1 Å². The first-order valence-electron chi connectivity index (χ1n) is 6.07. The van der Waals surface area contributed by atoms with Crippen LogP contribution in [0.15, 0.2) is 11.6 Å². The summed E-state index contributed by atoms with van der Waals surface area (Å²) >= 11 is 0. The second-order valence-corrected chi connectivity index (χ2v) is 5.29. The van der Waals surface area contributed by atoms with Crippen molar-refractivity contribution < 1.29 is 18.0 Å². The maximum atomic E-state index is 12.4. The summed E-state index contributed by atoms with van der Waals surface area (Å²) in [6, 6.07) is 0. The van der Waals surface area contributed by atoms with Gasteiger partial charge in [0.25, 0.3) is 0 Å². The van der Waals surface area contributed by atoms with E-state index in [1.165, 1.54) is 4.90 Å². The van der Waals surface area contributed by atoms with Crippen molar-refractivity contribution in [2.24, 2.45) is 11.7 Å². The van der Waals surface area contributed by atoms with Crippen LogP contribution in [0.4, 0.5) is 13.2 Å². The van der Waals surface area contributed by atoms with E-state index in [4.69, 9.17) is 5.73 Å². The average Bonchev–Trinajstić information content (AvgIpc) is 3.11. The highest BCUT2D eigenvalue weighted by Crippen LogP contribution is 2.39. The molecule has 1 unspecified atom stereocenters. The zero-order chi connectivity index (χ0) is 13.6. The Hall–Kier alpha value is -1.04. The molecule has 0 aromatic carbocycles. The first kappa shape index (κ1) is 13.4. The fourth-order valence-electron chi connectivity index (χ4n) is 2.31. The SMILES string of the molecule is CC(N)(C(=O)N1CC=C(C(F)(F)F)CC1)C1CC1. The van der Waals surface area contributed by atoms with Crippen molar-refractivity contribution in [1.82, 2.24) is 4.90 Å². The standard InChI is InChI=1S/C12H17F3N2O/c1-11(16,8-2-3-8)10(18)17-6-4-9(5-7-17)12(13,14)15/h4,8H,2-3,5-7,16H2,1H3. The second-order valence-electron chi connectivity index (χ2n) is 5.29. The highest BCUT2D eigenvalue weighted by atomic mass is 19.4. The minimum absolute atomic E-state index is 0.00713. The molecule has 2 aliphatic rings. The van der Waals surface area contributed by atoms with Crippen LogP contribution in [0, 0.1) is 5.92 Å². The number of alkyl halides is 3. The third-order valence-corrected chi connectivity index (χ3v) is 3.75. The lowest BCUT2D eigenvalue weighted by molar-refractivity contribution is -0.138. The topological polar surface area (TPSA) is 46.3 Å². The van der Waals surface area contributed by atoms with Gasteiger partial charge in [0, 0.05) is 18.7 Å². The lowest BCUT2D eigenvalue weighted by atomic mass is 9.94. The van der Waals surface area contributed by atoms with E-state index in [1.807, 2.05) is 0 Å². The molecule has 0 spiro atoms. The summed E-state index contributed by atoms with van der Waals surface area (Å²) in [5, 5.41) is 0. The fourth-order valence-corrected chi connectivity index (χ4v) is 2.31. The summed E-state index contributed by atoms with van der Waals surface area (Å²) in [5.41, 5.74) is 4.51. The van der Waals surface area contributed by atoms with Gasteiger partial charge in [0.05, 0.1) is 5.54 Å². The zero-order valence-corrected chi connectivity index (χ0v) is 10.3. The Morgan fingerprint density at radius 3 is 2.44 bits per heavy atom. The van der Waals surface area contributed by atoms with Gasteiger partial charge in [0.1, 0.15) is 0 Å². The molecule has 0 bridgehead atoms. The van der Waals surface area contributed by atoms with Crippen LogP contribution in [-0.4, -0.2) is 35.6 Å². The molecule has 0 radical (unpaired) electrons. The smallest absolute Gasteiger partial charge is 0.337 e. The predicted molar refractivity (Wildman–Crippen MR) is 60.7 cm³/mol. The Kier molecular flexibility index (Phi) is 3.17. The molecule has 2 N–H and O–H groups in total. The van der Waals surface area contributed by atoms with Crippen LogP contribution in [0.1, 0.15) is 26.2 Å². The molecular weight excluding hydrogens is 245 g/mol. The van der Waals surface area contributed by atoms with E-state index >= 15 is 0 Å².